The summed E-state index contributed by atoms with van der Waals surface area (Å²) in [6, 6.07) is 11.5. The van der Waals surface area contributed by atoms with E-state index in [-0.39, 0.29) is 6.03 Å². The number of carbonyl (C=O) groups is 1. The van der Waals surface area contributed by atoms with Crippen molar-refractivity contribution in [3.8, 4) is 23.0 Å². The van der Waals surface area contributed by atoms with Crippen LogP contribution in [0.4, 0.5) is 4.79 Å². The van der Waals surface area contributed by atoms with Crippen LogP contribution in [0.1, 0.15) is 31.9 Å². The average Bonchev–Trinajstić information content (AvgIpc) is 2.77. The first-order valence-corrected chi connectivity index (χ1v) is 10.8. The van der Waals surface area contributed by atoms with Gasteiger partial charge in [0.1, 0.15) is 0 Å². The van der Waals surface area contributed by atoms with Crippen LogP contribution in [-0.2, 0) is 12.8 Å². The van der Waals surface area contributed by atoms with Crippen LogP contribution in [0.5, 0.6) is 23.0 Å². The van der Waals surface area contributed by atoms with Gasteiger partial charge in [-0.15, -0.1) is 0 Å². The second-order valence-corrected chi connectivity index (χ2v) is 6.75. The van der Waals surface area contributed by atoms with Crippen molar-refractivity contribution in [2.24, 2.45) is 0 Å². The Kier molecular flexibility index (Phi) is 10.3. The molecule has 0 saturated heterocycles. The molecule has 31 heavy (non-hydrogen) atoms. The number of ether oxygens (including phenoxy) is 4. The SMILES string of the molecule is CCOc1ccc(CCNC(=O)NCCc2ccc(OCC)c(OCC)c2)cc1OC. The van der Waals surface area contributed by atoms with Gasteiger partial charge in [-0.3, -0.25) is 0 Å². The maximum Gasteiger partial charge on any atom is 0.314 e. The molecule has 0 unspecified atom stereocenters. The van der Waals surface area contributed by atoms with E-state index in [1.165, 1.54) is 0 Å². The van der Waals surface area contributed by atoms with Crippen LogP contribution < -0.4 is 29.6 Å². The third-order valence-corrected chi connectivity index (χ3v) is 4.53. The minimum atomic E-state index is -0.186. The molecule has 0 saturated carbocycles. The molecule has 2 aromatic rings. The Hall–Kier alpha value is -3.09. The first-order valence-electron chi connectivity index (χ1n) is 10.8. The Labute approximate surface area is 185 Å². The van der Waals surface area contributed by atoms with Gasteiger partial charge in [0.05, 0.1) is 26.9 Å². The minimum absolute atomic E-state index is 0.186. The summed E-state index contributed by atoms with van der Waals surface area (Å²) in [5.74, 6) is 2.90. The molecule has 2 amide bonds. The normalized spacial score (nSPS) is 10.3. The molecule has 0 heterocycles. The second-order valence-electron chi connectivity index (χ2n) is 6.75. The molecule has 0 aliphatic rings. The van der Waals surface area contributed by atoms with E-state index in [1.54, 1.807) is 7.11 Å². The Morgan fingerprint density at radius 1 is 0.710 bits per heavy atom. The quantitative estimate of drug-likeness (QED) is 0.503. The van der Waals surface area contributed by atoms with Crippen LogP contribution in [0.3, 0.4) is 0 Å². The Morgan fingerprint density at radius 2 is 1.16 bits per heavy atom. The van der Waals surface area contributed by atoms with Gasteiger partial charge in [0.2, 0.25) is 0 Å². The zero-order chi connectivity index (χ0) is 22.5. The fraction of sp³-hybridized carbons (Fsp3) is 0.458. The first-order chi connectivity index (χ1) is 15.1. The molecule has 7 heteroatoms. The predicted molar refractivity (Wildman–Crippen MR) is 122 cm³/mol. The van der Waals surface area contributed by atoms with Crippen molar-refractivity contribution < 1.29 is 23.7 Å². The van der Waals surface area contributed by atoms with E-state index in [2.05, 4.69) is 10.6 Å². The van der Waals surface area contributed by atoms with Crippen molar-refractivity contribution in [1.29, 1.82) is 0 Å². The zero-order valence-corrected chi connectivity index (χ0v) is 19.0. The van der Waals surface area contributed by atoms with E-state index in [0.29, 0.717) is 51.5 Å². The van der Waals surface area contributed by atoms with Crippen LogP contribution in [0.15, 0.2) is 36.4 Å². The Balaban J connectivity index is 1.75. The average molecular weight is 431 g/mol. The number of nitrogens with one attached hydrogen (secondary N) is 2. The molecule has 2 N–H and O–H groups in total. The van der Waals surface area contributed by atoms with E-state index in [1.807, 2.05) is 57.2 Å². The number of benzene rings is 2. The summed E-state index contributed by atoms with van der Waals surface area (Å²) in [5.41, 5.74) is 2.15. The molecule has 2 rings (SSSR count). The topological polar surface area (TPSA) is 78.1 Å². The molecular formula is C24H34N2O5. The molecule has 0 atom stereocenters. The third-order valence-electron chi connectivity index (χ3n) is 4.53. The molecule has 170 valence electrons. The second kappa shape index (κ2) is 13.3. The molecule has 0 aliphatic heterocycles. The Morgan fingerprint density at radius 3 is 1.65 bits per heavy atom. The van der Waals surface area contributed by atoms with E-state index in [0.717, 1.165) is 28.4 Å². The van der Waals surface area contributed by atoms with Gasteiger partial charge < -0.3 is 29.6 Å². The van der Waals surface area contributed by atoms with Gasteiger partial charge in [0.25, 0.3) is 0 Å². The van der Waals surface area contributed by atoms with Crippen LogP contribution >= 0.6 is 0 Å². The molecule has 7 nitrogen and oxygen atoms in total. The number of rotatable bonds is 13. The molecular weight excluding hydrogens is 396 g/mol. The zero-order valence-electron chi connectivity index (χ0n) is 19.0. The summed E-state index contributed by atoms with van der Waals surface area (Å²) in [5, 5.41) is 5.78. The molecule has 0 bridgehead atoms. The number of carbonyl (C=O) groups excluding carboxylic acids is 1. The van der Waals surface area contributed by atoms with Crippen molar-refractivity contribution in [2.75, 3.05) is 40.0 Å². The maximum absolute atomic E-state index is 12.1. The highest BCUT2D eigenvalue weighted by atomic mass is 16.5. The third kappa shape index (κ3) is 7.92. The van der Waals surface area contributed by atoms with Crippen molar-refractivity contribution in [1.82, 2.24) is 10.6 Å². The minimum Gasteiger partial charge on any atom is -0.493 e. The molecule has 2 aromatic carbocycles. The van der Waals surface area contributed by atoms with Gasteiger partial charge in [-0.2, -0.15) is 0 Å². The standard InChI is InChI=1S/C24H34N2O5/c1-5-29-20-10-8-18(16-22(20)28-4)12-14-25-24(27)26-15-13-19-9-11-21(30-6-2)23(17-19)31-7-3/h8-11,16-17H,5-7,12-15H2,1-4H3,(H2,25,26,27). The van der Waals surface area contributed by atoms with Crippen molar-refractivity contribution in [2.45, 2.75) is 33.6 Å². The number of amides is 2. The molecule has 0 spiro atoms. The fourth-order valence-corrected chi connectivity index (χ4v) is 3.10. The lowest BCUT2D eigenvalue weighted by molar-refractivity contribution is 0.241. The first kappa shape index (κ1) is 24.2. The van der Waals surface area contributed by atoms with Gasteiger partial charge in [0, 0.05) is 13.1 Å². The highest BCUT2D eigenvalue weighted by Crippen LogP contribution is 2.29. The number of hydrogen-bond donors (Lipinski definition) is 2. The van der Waals surface area contributed by atoms with Gasteiger partial charge in [-0.05, 0) is 69.0 Å². The summed E-state index contributed by atoms with van der Waals surface area (Å²) in [7, 11) is 1.62. The highest BCUT2D eigenvalue weighted by molar-refractivity contribution is 5.73. The predicted octanol–water partition coefficient (Wildman–Crippen LogP) is 3.98. The van der Waals surface area contributed by atoms with Crippen molar-refractivity contribution >= 4 is 6.03 Å². The lowest BCUT2D eigenvalue weighted by Crippen LogP contribution is -2.37. The van der Waals surface area contributed by atoms with Gasteiger partial charge in [-0.25, -0.2) is 4.79 Å². The summed E-state index contributed by atoms with van der Waals surface area (Å²) >= 11 is 0. The van der Waals surface area contributed by atoms with E-state index < -0.39 is 0 Å². The van der Waals surface area contributed by atoms with Crippen molar-refractivity contribution in [3.63, 3.8) is 0 Å². The largest absolute Gasteiger partial charge is 0.493 e. The van der Waals surface area contributed by atoms with Crippen LogP contribution in [0.25, 0.3) is 0 Å². The van der Waals surface area contributed by atoms with E-state index in [9.17, 15) is 4.79 Å². The summed E-state index contributed by atoms with van der Waals surface area (Å²) in [4.78, 5) is 12.1. The van der Waals surface area contributed by atoms with Crippen LogP contribution in [0, 0.1) is 0 Å². The number of methoxy groups -OCH3 is 1. The fourth-order valence-electron chi connectivity index (χ4n) is 3.10. The Bertz CT molecular complexity index is 826. The van der Waals surface area contributed by atoms with Crippen LogP contribution in [-0.4, -0.2) is 46.1 Å². The molecule has 0 aromatic heterocycles. The lowest BCUT2D eigenvalue weighted by atomic mass is 10.1. The van der Waals surface area contributed by atoms with Gasteiger partial charge in [0.15, 0.2) is 23.0 Å². The molecule has 0 radical (unpaired) electrons. The van der Waals surface area contributed by atoms with Crippen LogP contribution in [0.2, 0.25) is 0 Å². The molecule has 0 fully saturated rings. The summed E-state index contributed by atoms with van der Waals surface area (Å²) in [6.45, 7) is 8.62. The maximum atomic E-state index is 12.1. The summed E-state index contributed by atoms with van der Waals surface area (Å²) in [6.07, 6.45) is 1.41. The van der Waals surface area contributed by atoms with E-state index >= 15 is 0 Å². The highest BCUT2D eigenvalue weighted by Gasteiger charge is 2.08. The molecule has 0 aliphatic carbocycles. The summed E-state index contributed by atoms with van der Waals surface area (Å²) < 4.78 is 22.1. The monoisotopic (exact) mass is 430 g/mol. The van der Waals surface area contributed by atoms with Crippen molar-refractivity contribution in [3.05, 3.63) is 47.5 Å². The lowest BCUT2D eigenvalue weighted by Gasteiger charge is -2.13. The smallest absolute Gasteiger partial charge is 0.314 e. The van der Waals surface area contributed by atoms with Gasteiger partial charge >= 0.3 is 6.03 Å². The number of urea groups is 1. The number of hydrogen-bond acceptors (Lipinski definition) is 5. The van der Waals surface area contributed by atoms with E-state index in [4.69, 9.17) is 18.9 Å². The van der Waals surface area contributed by atoms with Gasteiger partial charge in [-0.1, -0.05) is 12.1 Å².